The third kappa shape index (κ3) is 5.48. The molecule has 2 atom stereocenters. The lowest BCUT2D eigenvalue weighted by Crippen LogP contribution is -2.23. The van der Waals surface area contributed by atoms with E-state index < -0.39 is 0 Å². The first-order valence-corrected chi connectivity index (χ1v) is 6.19. The fourth-order valence-electron chi connectivity index (χ4n) is 1.78. The van der Waals surface area contributed by atoms with Crippen molar-refractivity contribution < 1.29 is 9.50 Å². The van der Waals surface area contributed by atoms with Gasteiger partial charge >= 0.3 is 0 Å². The maximum atomic E-state index is 13.4. The standard InChI is InChI=1S/C13H19ClFNO/c1-9(5-10(2)17)7-16-8-11-3-4-12(14)6-13(11)15/h3-4,6,9-10,16-17H,5,7-8H2,1-2H3/t9-,10+/m0/s1. The first-order chi connectivity index (χ1) is 7.99. The van der Waals surface area contributed by atoms with Gasteiger partial charge in [0.1, 0.15) is 5.82 Å². The van der Waals surface area contributed by atoms with Gasteiger partial charge in [-0.25, -0.2) is 4.39 Å². The summed E-state index contributed by atoms with van der Waals surface area (Å²) in [5.41, 5.74) is 0.610. The van der Waals surface area contributed by atoms with Gasteiger partial charge in [0, 0.05) is 17.1 Å². The summed E-state index contributed by atoms with van der Waals surface area (Å²) in [7, 11) is 0. The molecule has 0 saturated heterocycles. The molecule has 0 aliphatic carbocycles. The van der Waals surface area contributed by atoms with E-state index >= 15 is 0 Å². The van der Waals surface area contributed by atoms with Crippen molar-refractivity contribution in [2.24, 2.45) is 5.92 Å². The van der Waals surface area contributed by atoms with Crippen molar-refractivity contribution >= 4 is 11.6 Å². The third-order valence-corrected chi connectivity index (χ3v) is 2.80. The largest absolute Gasteiger partial charge is 0.393 e. The van der Waals surface area contributed by atoms with Crippen LogP contribution in [0.3, 0.4) is 0 Å². The third-order valence-electron chi connectivity index (χ3n) is 2.57. The van der Waals surface area contributed by atoms with Gasteiger partial charge in [0.25, 0.3) is 0 Å². The van der Waals surface area contributed by atoms with Crippen molar-refractivity contribution in [1.82, 2.24) is 5.32 Å². The molecule has 4 heteroatoms. The number of aliphatic hydroxyl groups is 1. The number of aliphatic hydroxyl groups excluding tert-OH is 1. The molecule has 2 N–H and O–H groups in total. The zero-order chi connectivity index (χ0) is 12.8. The number of nitrogens with one attached hydrogen (secondary N) is 1. The molecule has 0 aromatic heterocycles. The fraction of sp³-hybridized carbons (Fsp3) is 0.538. The van der Waals surface area contributed by atoms with Crippen LogP contribution in [-0.2, 0) is 6.54 Å². The first kappa shape index (κ1) is 14.4. The summed E-state index contributed by atoms with van der Waals surface area (Å²) in [6.45, 7) is 5.06. The zero-order valence-electron chi connectivity index (χ0n) is 10.2. The van der Waals surface area contributed by atoms with Crippen LogP contribution in [0.4, 0.5) is 4.39 Å². The van der Waals surface area contributed by atoms with Crippen molar-refractivity contribution in [3.8, 4) is 0 Å². The minimum absolute atomic E-state index is 0.284. The molecule has 0 spiro atoms. The van der Waals surface area contributed by atoms with Crippen molar-refractivity contribution in [2.45, 2.75) is 32.9 Å². The van der Waals surface area contributed by atoms with E-state index in [0.717, 1.165) is 13.0 Å². The van der Waals surface area contributed by atoms with E-state index in [2.05, 4.69) is 12.2 Å². The molecule has 1 rings (SSSR count). The Hall–Kier alpha value is -0.640. The van der Waals surface area contributed by atoms with Crippen LogP contribution in [0.5, 0.6) is 0 Å². The number of hydrogen-bond acceptors (Lipinski definition) is 2. The molecule has 0 aliphatic heterocycles. The van der Waals surface area contributed by atoms with E-state index in [1.165, 1.54) is 6.07 Å². The molecule has 0 unspecified atom stereocenters. The van der Waals surface area contributed by atoms with Crippen LogP contribution in [0.25, 0.3) is 0 Å². The monoisotopic (exact) mass is 259 g/mol. The highest BCUT2D eigenvalue weighted by Gasteiger charge is 2.07. The Balaban J connectivity index is 2.35. The molecular weight excluding hydrogens is 241 g/mol. The summed E-state index contributed by atoms with van der Waals surface area (Å²) in [6, 6.07) is 4.68. The van der Waals surface area contributed by atoms with Crippen molar-refractivity contribution in [2.75, 3.05) is 6.54 Å². The van der Waals surface area contributed by atoms with Crippen LogP contribution in [0.1, 0.15) is 25.8 Å². The van der Waals surface area contributed by atoms with Crippen LogP contribution in [0.15, 0.2) is 18.2 Å². The lowest BCUT2D eigenvalue weighted by Gasteiger charge is -2.14. The average Bonchev–Trinajstić information content (AvgIpc) is 2.20. The molecule has 96 valence electrons. The smallest absolute Gasteiger partial charge is 0.129 e. The van der Waals surface area contributed by atoms with Gasteiger partial charge in [0.15, 0.2) is 0 Å². The van der Waals surface area contributed by atoms with Gasteiger partial charge in [-0.2, -0.15) is 0 Å². The second-order valence-electron chi connectivity index (χ2n) is 4.56. The van der Waals surface area contributed by atoms with E-state index in [0.29, 0.717) is 23.0 Å². The molecular formula is C13H19ClFNO. The van der Waals surface area contributed by atoms with Crippen molar-refractivity contribution in [1.29, 1.82) is 0 Å². The van der Waals surface area contributed by atoms with E-state index in [1.807, 2.05) is 0 Å². The molecule has 0 amide bonds. The van der Waals surface area contributed by atoms with E-state index in [-0.39, 0.29) is 11.9 Å². The van der Waals surface area contributed by atoms with Gasteiger partial charge in [-0.05, 0) is 37.9 Å². The van der Waals surface area contributed by atoms with Crippen LogP contribution >= 0.6 is 11.6 Å². The molecule has 1 aromatic rings. The maximum absolute atomic E-state index is 13.4. The molecule has 0 fully saturated rings. The molecule has 0 radical (unpaired) electrons. The second kappa shape index (κ2) is 6.94. The predicted molar refractivity (Wildman–Crippen MR) is 68.6 cm³/mol. The van der Waals surface area contributed by atoms with E-state index in [1.54, 1.807) is 19.1 Å². The quantitative estimate of drug-likeness (QED) is 0.823. The van der Waals surface area contributed by atoms with E-state index in [9.17, 15) is 9.50 Å². The highest BCUT2D eigenvalue weighted by atomic mass is 35.5. The first-order valence-electron chi connectivity index (χ1n) is 5.81. The van der Waals surface area contributed by atoms with Gasteiger partial charge in [0.05, 0.1) is 6.10 Å². The summed E-state index contributed by atoms with van der Waals surface area (Å²) >= 11 is 5.67. The Morgan fingerprint density at radius 3 is 2.71 bits per heavy atom. The number of hydrogen-bond donors (Lipinski definition) is 2. The van der Waals surface area contributed by atoms with Crippen LogP contribution in [0, 0.1) is 11.7 Å². The Bertz CT molecular complexity index is 357. The minimum atomic E-state index is -0.293. The zero-order valence-corrected chi connectivity index (χ0v) is 11.0. The molecule has 17 heavy (non-hydrogen) atoms. The molecule has 0 bridgehead atoms. The van der Waals surface area contributed by atoms with Gasteiger partial charge in [0.2, 0.25) is 0 Å². The van der Waals surface area contributed by atoms with Crippen LogP contribution in [-0.4, -0.2) is 17.8 Å². The number of rotatable bonds is 6. The summed E-state index contributed by atoms with van der Waals surface area (Å²) in [4.78, 5) is 0. The predicted octanol–water partition coefficient (Wildman–Crippen LogP) is 2.98. The van der Waals surface area contributed by atoms with Gasteiger partial charge in [-0.3, -0.25) is 0 Å². The fourth-order valence-corrected chi connectivity index (χ4v) is 1.94. The Morgan fingerprint density at radius 2 is 2.12 bits per heavy atom. The number of benzene rings is 1. The molecule has 0 saturated carbocycles. The topological polar surface area (TPSA) is 32.3 Å². The lowest BCUT2D eigenvalue weighted by atomic mass is 10.0. The van der Waals surface area contributed by atoms with Crippen LogP contribution < -0.4 is 5.32 Å². The minimum Gasteiger partial charge on any atom is -0.393 e. The highest BCUT2D eigenvalue weighted by Crippen LogP contribution is 2.14. The Morgan fingerprint density at radius 1 is 1.41 bits per heavy atom. The van der Waals surface area contributed by atoms with Crippen molar-refractivity contribution in [3.63, 3.8) is 0 Å². The van der Waals surface area contributed by atoms with Gasteiger partial charge in [-0.15, -0.1) is 0 Å². The molecule has 0 aliphatic rings. The van der Waals surface area contributed by atoms with Crippen LogP contribution in [0.2, 0.25) is 5.02 Å². The van der Waals surface area contributed by atoms with E-state index in [4.69, 9.17) is 11.6 Å². The van der Waals surface area contributed by atoms with Crippen molar-refractivity contribution in [3.05, 3.63) is 34.6 Å². The Labute approximate surface area is 107 Å². The van der Waals surface area contributed by atoms with Gasteiger partial charge < -0.3 is 10.4 Å². The second-order valence-corrected chi connectivity index (χ2v) is 4.99. The normalized spacial score (nSPS) is 14.6. The summed E-state index contributed by atoms with van der Waals surface area (Å²) < 4.78 is 13.4. The molecule has 0 heterocycles. The highest BCUT2D eigenvalue weighted by molar-refractivity contribution is 6.30. The molecule has 1 aromatic carbocycles. The summed E-state index contributed by atoms with van der Waals surface area (Å²) in [5, 5.41) is 12.8. The summed E-state index contributed by atoms with van der Waals surface area (Å²) in [6.07, 6.45) is 0.454. The molecule has 2 nitrogen and oxygen atoms in total. The van der Waals surface area contributed by atoms with Gasteiger partial charge in [-0.1, -0.05) is 24.6 Å². The Kier molecular flexibility index (Phi) is 5.89. The number of halogens is 2. The average molecular weight is 260 g/mol. The summed E-state index contributed by atoms with van der Waals surface area (Å²) in [5.74, 6) is 0.0820. The lowest BCUT2D eigenvalue weighted by molar-refractivity contribution is 0.163. The maximum Gasteiger partial charge on any atom is 0.129 e. The SMILES string of the molecule is C[C@H](CNCc1ccc(Cl)cc1F)C[C@@H](C)O.